The Morgan fingerprint density at radius 3 is 1.78 bits per heavy atom. The molecule has 1 aliphatic heterocycles. The monoisotopic (exact) mass is 622 g/mol. The minimum Gasteiger partial charge on any atom is -0.462 e. The van der Waals surface area contributed by atoms with Crippen LogP contribution in [0.15, 0.2) is 72.8 Å². The number of hydrogen-bond donors (Lipinski definition) is 1. The lowest BCUT2D eigenvalue weighted by Gasteiger charge is -2.45. The van der Waals surface area contributed by atoms with E-state index in [2.05, 4.69) is 5.32 Å². The largest absolute Gasteiger partial charge is 0.462 e. The van der Waals surface area contributed by atoms with E-state index in [1.807, 2.05) is 69.3 Å². The number of hydrogen-bond acceptors (Lipinski definition) is 7. The van der Waals surface area contributed by atoms with Gasteiger partial charge < -0.3 is 14.8 Å². The third kappa shape index (κ3) is 5.59. The Labute approximate surface area is 268 Å². The van der Waals surface area contributed by atoms with Crippen molar-refractivity contribution in [1.82, 2.24) is 4.90 Å². The topological polar surface area (TPSA) is 119 Å². The molecule has 3 aromatic carbocycles. The Hall–Kier alpha value is -4.79. The number of imide groups is 1. The maximum atomic E-state index is 14.2. The Kier molecular flexibility index (Phi) is 8.75. The number of benzene rings is 3. The van der Waals surface area contributed by atoms with E-state index in [1.165, 1.54) is 0 Å². The summed E-state index contributed by atoms with van der Waals surface area (Å²) in [7, 11) is 0. The zero-order valence-electron chi connectivity index (χ0n) is 26.2. The van der Waals surface area contributed by atoms with Gasteiger partial charge in [-0.05, 0) is 58.9 Å². The fourth-order valence-corrected chi connectivity index (χ4v) is 7.20. The first-order valence-electron chi connectivity index (χ1n) is 16.0. The molecule has 1 saturated heterocycles. The molecule has 3 atom stereocenters. The summed E-state index contributed by atoms with van der Waals surface area (Å²) < 4.78 is 10.7. The number of carbonyl (C=O) groups is 5. The number of carbonyl (C=O) groups excluding carboxylic acids is 5. The summed E-state index contributed by atoms with van der Waals surface area (Å²) in [6.07, 6.45) is 1.59. The van der Waals surface area contributed by atoms with Crippen LogP contribution in [0, 0.1) is 17.8 Å². The molecule has 1 fully saturated rings. The van der Waals surface area contributed by atoms with E-state index in [0.717, 1.165) is 33.6 Å². The number of unbranched alkanes of at least 4 members (excludes halogenated alkanes) is 1. The lowest BCUT2D eigenvalue weighted by Crippen LogP contribution is -2.47. The summed E-state index contributed by atoms with van der Waals surface area (Å²) in [5.74, 6) is -4.09. The molecule has 3 amide bonds. The van der Waals surface area contributed by atoms with Crippen molar-refractivity contribution >= 4 is 35.3 Å². The number of amides is 3. The number of rotatable bonds is 11. The molecule has 4 aliphatic rings. The second-order valence-corrected chi connectivity index (χ2v) is 12.7. The molecule has 0 aromatic heterocycles. The lowest BCUT2D eigenvalue weighted by atomic mass is 9.55. The Morgan fingerprint density at radius 1 is 0.783 bits per heavy atom. The number of likely N-dealkylation sites (tertiary alicyclic amines) is 1. The van der Waals surface area contributed by atoms with Gasteiger partial charge >= 0.3 is 11.9 Å². The van der Waals surface area contributed by atoms with Gasteiger partial charge in [-0.15, -0.1) is 0 Å². The number of ether oxygens (including phenoxy) is 2. The summed E-state index contributed by atoms with van der Waals surface area (Å²) in [6.45, 7) is 5.57. The van der Waals surface area contributed by atoms with Gasteiger partial charge in [-0.25, -0.2) is 9.59 Å². The second kappa shape index (κ2) is 12.9. The Bertz CT molecular complexity index is 1570. The van der Waals surface area contributed by atoms with Crippen molar-refractivity contribution in [2.24, 2.45) is 17.8 Å². The Balaban J connectivity index is 1.16. The van der Waals surface area contributed by atoms with Crippen molar-refractivity contribution in [3.05, 3.63) is 101 Å². The average molecular weight is 623 g/mol. The SMILES string of the molecule is CCCC[C@H](C(=O)OCC(=O)Nc1ccc(C(=O)OCC(C)C)cc1)N1C(=O)[C@H]2C3c4ccccc4C(c4ccccc43)[C@@H]2C1=O. The van der Waals surface area contributed by atoms with E-state index in [4.69, 9.17) is 9.47 Å². The number of anilines is 1. The van der Waals surface area contributed by atoms with Crippen LogP contribution >= 0.6 is 0 Å². The van der Waals surface area contributed by atoms with Crippen LogP contribution in [-0.4, -0.2) is 53.8 Å². The summed E-state index contributed by atoms with van der Waals surface area (Å²) in [5.41, 5.74) is 4.98. The smallest absolute Gasteiger partial charge is 0.338 e. The highest BCUT2D eigenvalue weighted by molar-refractivity contribution is 6.10. The highest BCUT2D eigenvalue weighted by Gasteiger charge is 2.63. The molecule has 238 valence electrons. The van der Waals surface area contributed by atoms with Gasteiger partial charge in [-0.1, -0.05) is 82.1 Å². The van der Waals surface area contributed by atoms with Gasteiger partial charge in [-0.3, -0.25) is 19.3 Å². The lowest BCUT2D eigenvalue weighted by molar-refractivity contribution is -0.160. The summed E-state index contributed by atoms with van der Waals surface area (Å²) >= 11 is 0. The third-order valence-corrected chi connectivity index (χ3v) is 9.20. The van der Waals surface area contributed by atoms with Crippen molar-refractivity contribution in [2.45, 2.75) is 57.9 Å². The van der Waals surface area contributed by atoms with Crippen molar-refractivity contribution in [3.63, 3.8) is 0 Å². The molecule has 1 heterocycles. The highest BCUT2D eigenvalue weighted by Crippen LogP contribution is 2.61. The van der Waals surface area contributed by atoms with Gasteiger partial charge in [0.05, 0.1) is 24.0 Å². The molecule has 3 aromatic rings. The molecule has 0 unspecified atom stereocenters. The maximum Gasteiger partial charge on any atom is 0.338 e. The molecule has 46 heavy (non-hydrogen) atoms. The highest BCUT2D eigenvalue weighted by atomic mass is 16.5. The first-order valence-corrected chi connectivity index (χ1v) is 16.0. The van der Waals surface area contributed by atoms with E-state index in [1.54, 1.807) is 24.3 Å². The molecule has 1 N–H and O–H groups in total. The minimum absolute atomic E-state index is 0.210. The van der Waals surface area contributed by atoms with E-state index in [9.17, 15) is 24.0 Å². The van der Waals surface area contributed by atoms with Crippen molar-refractivity contribution < 1.29 is 33.4 Å². The molecular weight excluding hydrogens is 584 g/mol. The molecular formula is C37H38N2O7. The van der Waals surface area contributed by atoms with E-state index >= 15 is 0 Å². The van der Waals surface area contributed by atoms with Crippen LogP contribution in [0.1, 0.15) is 84.5 Å². The fraction of sp³-hybridized carbons (Fsp3) is 0.378. The average Bonchev–Trinajstić information content (AvgIpc) is 3.32. The van der Waals surface area contributed by atoms with E-state index < -0.39 is 42.3 Å². The Morgan fingerprint density at radius 2 is 1.30 bits per heavy atom. The molecule has 0 spiro atoms. The van der Waals surface area contributed by atoms with Gasteiger partial charge in [0, 0.05) is 17.5 Å². The van der Waals surface area contributed by atoms with Crippen LogP contribution < -0.4 is 5.32 Å². The quantitative estimate of drug-likeness (QED) is 0.224. The summed E-state index contributed by atoms with van der Waals surface area (Å²) in [5, 5.41) is 2.65. The molecule has 9 heteroatoms. The zero-order chi connectivity index (χ0) is 32.5. The van der Waals surface area contributed by atoms with Crippen LogP contribution in [0.5, 0.6) is 0 Å². The van der Waals surface area contributed by atoms with E-state index in [0.29, 0.717) is 24.3 Å². The van der Waals surface area contributed by atoms with Crippen LogP contribution in [-0.2, 0) is 28.7 Å². The predicted molar refractivity (Wildman–Crippen MR) is 170 cm³/mol. The van der Waals surface area contributed by atoms with Gasteiger partial charge in [0.15, 0.2) is 6.61 Å². The molecule has 0 radical (unpaired) electrons. The molecule has 2 bridgehead atoms. The second-order valence-electron chi connectivity index (χ2n) is 12.7. The van der Waals surface area contributed by atoms with Crippen LogP contribution in [0.2, 0.25) is 0 Å². The molecule has 9 nitrogen and oxygen atoms in total. The van der Waals surface area contributed by atoms with Crippen LogP contribution in [0.3, 0.4) is 0 Å². The maximum absolute atomic E-state index is 14.2. The summed E-state index contributed by atoms with van der Waals surface area (Å²) in [4.78, 5) is 67.9. The first kappa shape index (κ1) is 31.2. The molecule has 7 rings (SSSR count). The van der Waals surface area contributed by atoms with Crippen molar-refractivity contribution in [2.75, 3.05) is 18.5 Å². The van der Waals surface area contributed by atoms with Gasteiger partial charge in [0.25, 0.3) is 5.91 Å². The molecule has 0 saturated carbocycles. The predicted octanol–water partition coefficient (Wildman–Crippen LogP) is 5.43. The third-order valence-electron chi connectivity index (χ3n) is 9.20. The number of nitrogens with one attached hydrogen (secondary N) is 1. The van der Waals surface area contributed by atoms with Gasteiger partial charge in [0.2, 0.25) is 11.8 Å². The van der Waals surface area contributed by atoms with Gasteiger partial charge in [-0.2, -0.15) is 0 Å². The summed E-state index contributed by atoms with van der Waals surface area (Å²) in [6, 6.07) is 21.0. The number of esters is 2. The van der Waals surface area contributed by atoms with Crippen LogP contribution in [0.25, 0.3) is 0 Å². The normalized spacial score (nSPS) is 21.3. The molecule has 3 aliphatic carbocycles. The van der Waals surface area contributed by atoms with Crippen LogP contribution in [0.4, 0.5) is 5.69 Å². The van der Waals surface area contributed by atoms with Gasteiger partial charge in [0.1, 0.15) is 6.04 Å². The minimum atomic E-state index is -1.12. The standard InChI is InChI=1S/C37H38N2O7/c1-4-5-14-28(37(44)46-20-29(40)38-23-17-15-22(16-18-23)36(43)45-19-21(2)3)39-34(41)32-30-24-10-6-7-11-25(24)31(33(32)35(39)42)27-13-9-8-12-26(27)30/h6-13,15-18,21,28,30-33H,4-5,14,19-20H2,1-3H3,(H,38,40)/t28-,30?,31?,32+,33+/m1/s1. The van der Waals surface area contributed by atoms with Crippen molar-refractivity contribution in [1.29, 1.82) is 0 Å². The zero-order valence-corrected chi connectivity index (χ0v) is 26.2. The van der Waals surface area contributed by atoms with Crippen molar-refractivity contribution in [3.8, 4) is 0 Å². The number of nitrogens with zero attached hydrogens (tertiary/aromatic N) is 1. The fourth-order valence-electron chi connectivity index (χ4n) is 7.20. The first-order chi connectivity index (χ1) is 22.2. The van der Waals surface area contributed by atoms with E-state index in [-0.39, 0.29) is 36.0 Å².